The molecule has 7 nitrogen and oxygen atoms in total. The van der Waals surface area contributed by atoms with E-state index in [1.54, 1.807) is 30.1 Å². The van der Waals surface area contributed by atoms with Crippen molar-refractivity contribution in [2.45, 2.75) is 57.7 Å². The van der Waals surface area contributed by atoms with Gasteiger partial charge in [0.05, 0.1) is 24.5 Å². The first-order valence-electron chi connectivity index (χ1n) is 12.5. The van der Waals surface area contributed by atoms with Crippen molar-refractivity contribution < 1.29 is 4.74 Å². The number of fused-ring (bicyclic) bond motifs is 1. The third kappa shape index (κ3) is 4.64. The molecule has 1 fully saturated rings. The highest BCUT2D eigenvalue weighted by Gasteiger charge is 2.35. The van der Waals surface area contributed by atoms with Crippen LogP contribution in [-0.4, -0.2) is 57.0 Å². The van der Waals surface area contributed by atoms with Crippen molar-refractivity contribution >= 4 is 39.9 Å². The molecule has 5 rings (SSSR count). The molecule has 0 spiro atoms. The van der Waals surface area contributed by atoms with Crippen molar-refractivity contribution in [3.63, 3.8) is 0 Å². The monoisotopic (exact) mass is 524 g/mol. The maximum Gasteiger partial charge on any atom is 0.190 e. The van der Waals surface area contributed by atoms with E-state index in [1.165, 1.54) is 18.4 Å². The van der Waals surface area contributed by atoms with Gasteiger partial charge in [0, 0.05) is 29.2 Å². The van der Waals surface area contributed by atoms with Gasteiger partial charge in [0.1, 0.15) is 11.6 Å². The summed E-state index contributed by atoms with van der Waals surface area (Å²) in [6.07, 6.45) is 8.44. The molecule has 1 saturated heterocycles. The molecule has 1 aliphatic carbocycles. The summed E-state index contributed by atoms with van der Waals surface area (Å²) >= 11 is 12.6. The molecule has 9 heteroatoms. The van der Waals surface area contributed by atoms with Crippen LogP contribution in [0.4, 0.5) is 0 Å². The number of hydrogen-bond donors (Lipinski definition) is 0. The normalized spacial score (nSPS) is 23.6. The average molecular weight is 525 g/mol. The summed E-state index contributed by atoms with van der Waals surface area (Å²) in [4.78, 5) is 12.2. The molecule has 3 heterocycles. The Morgan fingerprint density at radius 2 is 2.14 bits per heavy atom. The van der Waals surface area contributed by atoms with Gasteiger partial charge in [0.2, 0.25) is 0 Å². The van der Waals surface area contributed by atoms with Crippen molar-refractivity contribution in [3.8, 4) is 6.07 Å². The summed E-state index contributed by atoms with van der Waals surface area (Å²) in [5, 5.41) is 15.3. The Kier molecular flexibility index (Phi) is 7.32. The van der Waals surface area contributed by atoms with Crippen molar-refractivity contribution in [2.24, 2.45) is 5.92 Å². The van der Waals surface area contributed by atoms with Crippen LogP contribution < -0.4 is 0 Å². The van der Waals surface area contributed by atoms with Crippen molar-refractivity contribution in [3.05, 3.63) is 57.5 Å². The second-order valence-electron chi connectivity index (χ2n) is 9.88. The summed E-state index contributed by atoms with van der Waals surface area (Å²) in [7, 11) is 1.79. The van der Waals surface area contributed by atoms with Gasteiger partial charge in [-0.1, -0.05) is 42.3 Å². The van der Waals surface area contributed by atoms with Crippen molar-refractivity contribution in [1.82, 2.24) is 24.6 Å². The van der Waals surface area contributed by atoms with E-state index in [1.807, 2.05) is 13.0 Å². The lowest BCUT2D eigenvalue weighted by molar-refractivity contribution is 0.0696. The molecule has 0 radical (unpaired) electrons. The minimum atomic E-state index is -0.250. The Bertz CT molecular complexity index is 1350. The zero-order valence-corrected chi connectivity index (χ0v) is 22.3. The molecule has 4 unspecified atom stereocenters. The first-order chi connectivity index (χ1) is 17.4. The minimum absolute atomic E-state index is 0.250. The van der Waals surface area contributed by atoms with Gasteiger partial charge in [0.25, 0.3) is 0 Å². The van der Waals surface area contributed by atoms with Gasteiger partial charge in [-0.25, -0.2) is 14.6 Å². The van der Waals surface area contributed by atoms with Crippen LogP contribution in [0.15, 0.2) is 30.5 Å². The Morgan fingerprint density at radius 1 is 1.31 bits per heavy atom. The van der Waals surface area contributed by atoms with Crippen molar-refractivity contribution in [2.75, 3.05) is 20.3 Å². The van der Waals surface area contributed by atoms with E-state index in [4.69, 9.17) is 32.9 Å². The number of halogens is 2. The average Bonchev–Trinajstić information content (AvgIpc) is 3.48. The van der Waals surface area contributed by atoms with E-state index in [0.29, 0.717) is 39.2 Å². The van der Waals surface area contributed by atoms with E-state index in [-0.39, 0.29) is 11.7 Å². The molecule has 0 N–H and O–H groups in total. The van der Waals surface area contributed by atoms with Crippen LogP contribution in [0.25, 0.3) is 16.7 Å². The largest absolute Gasteiger partial charge is 0.383 e. The van der Waals surface area contributed by atoms with Crippen LogP contribution in [0.1, 0.15) is 62.5 Å². The highest BCUT2D eigenvalue weighted by molar-refractivity contribution is 6.35. The number of allylic oxidation sites excluding steroid dienone is 1. The zero-order valence-electron chi connectivity index (χ0n) is 20.8. The second kappa shape index (κ2) is 10.5. The van der Waals surface area contributed by atoms with Gasteiger partial charge >= 0.3 is 0 Å². The van der Waals surface area contributed by atoms with Crippen LogP contribution >= 0.6 is 23.2 Å². The standard InChI is InChI=1S/C27H30Cl2N6O/c1-16-11-18(6-9-25(16)34-10-4-5-20(34)15-36-3)24-14-31-26-23(13-30)33-35(27(26)32-24)17(2)21-8-7-19(28)12-22(21)29/h6-8,12,14,16-17,20,25H,4-5,9-11,15H2,1-3H3. The van der Waals surface area contributed by atoms with E-state index >= 15 is 0 Å². The van der Waals surface area contributed by atoms with E-state index in [2.05, 4.69) is 34.1 Å². The number of benzene rings is 1. The third-order valence-electron chi connectivity index (χ3n) is 7.63. The predicted molar refractivity (Wildman–Crippen MR) is 142 cm³/mol. The second-order valence-corrected chi connectivity index (χ2v) is 10.7. The lowest BCUT2D eigenvalue weighted by atomic mass is 9.83. The summed E-state index contributed by atoms with van der Waals surface area (Å²) in [5.41, 5.74) is 4.22. The first-order valence-corrected chi connectivity index (χ1v) is 13.2. The fraction of sp³-hybridized carbons (Fsp3) is 0.481. The van der Waals surface area contributed by atoms with E-state index in [9.17, 15) is 5.26 Å². The Hall–Kier alpha value is -2.50. The summed E-state index contributed by atoms with van der Waals surface area (Å²) < 4.78 is 7.22. The zero-order chi connectivity index (χ0) is 25.4. The third-order valence-corrected chi connectivity index (χ3v) is 8.19. The number of ether oxygens (including phenoxy) is 1. The summed E-state index contributed by atoms with van der Waals surface area (Å²) in [5.74, 6) is 0.492. The molecule has 2 aliphatic rings. The number of nitriles is 1. The molecule has 36 heavy (non-hydrogen) atoms. The number of hydrogen-bond acceptors (Lipinski definition) is 6. The number of nitrogens with zero attached hydrogens (tertiary/aromatic N) is 6. The van der Waals surface area contributed by atoms with E-state index < -0.39 is 0 Å². The molecule has 3 aromatic rings. The van der Waals surface area contributed by atoms with Gasteiger partial charge in [-0.3, -0.25) is 4.90 Å². The molecule has 1 aliphatic heterocycles. The SMILES string of the molecule is COCC1CCCN1C1CC=C(c2cnc3c(C#N)nn(C(C)c4ccc(Cl)cc4Cl)c3n2)CC1C. The van der Waals surface area contributed by atoms with Crippen LogP contribution in [0.2, 0.25) is 10.0 Å². The van der Waals surface area contributed by atoms with Gasteiger partial charge in [-0.15, -0.1) is 0 Å². The first kappa shape index (κ1) is 25.2. The number of rotatable bonds is 6. The Morgan fingerprint density at radius 3 is 2.86 bits per heavy atom. The van der Waals surface area contributed by atoms with Gasteiger partial charge in [-0.2, -0.15) is 10.4 Å². The van der Waals surface area contributed by atoms with Crippen LogP contribution in [0, 0.1) is 17.2 Å². The molecule has 0 bridgehead atoms. The highest BCUT2D eigenvalue weighted by atomic mass is 35.5. The van der Waals surface area contributed by atoms with Crippen molar-refractivity contribution in [1.29, 1.82) is 5.26 Å². The van der Waals surface area contributed by atoms with E-state index in [0.717, 1.165) is 37.3 Å². The lowest BCUT2D eigenvalue weighted by Gasteiger charge is -2.39. The molecule has 1 aromatic carbocycles. The van der Waals surface area contributed by atoms with Crippen LogP contribution in [0.3, 0.4) is 0 Å². The molecular weight excluding hydrogens is 495 g/mol. The fourth-order valence-electron chi connectivity index (χ4n) is 5.78. The topological polar surface area (TPSA) is 79.9 Å². The maximum atomic E-state index is 9.68. The molecule has 2 aromatic heterocycles. The van der Waals surface area contributed by atoms with Crippen LogP contribution in [-0.2, 0) is 4.74 Å². The fourth-order valence-corrected chi connectivity index (χ4v) is 6.35. The Balaban J connectivity index is 1.47. The maximum absolute atomic E-state index is 9.68. The quantitative estimate of drug-likeness (QED) is 0.398. The molecule has 0 amide bonds. The van der Waals surface area contributed by atoms with Gasteiger partial charge < -0.3 is 4.74 Å². The molecule has 188 valence electrons. The smallest absolute Gasteiger partial charge is 0.190 e. The molecule has 0 saturated carbocycles. The predicted octanol–water partition coefficient (Wildman–Crippen LogP) is 5.91. The summed E-state index contributed by atoms with van der Waals surface area (Å²) in [6.45, 7) is 6.24. The minimum Gasteiger partial charge on any atom is -0.383 e. The van der Waals surface area contributed by atoms with Crippen LogP contribution in [0.5, 0.6) is 0 Å². The highest BCUT2D eigenvalue weighted by Crippen LogP contribution is 2.37. The number of likely N-dealkylation sites (tertiary alicyclic amines) is 1. The van der Waals surface area contributed by atoms with Gasteiger partial charge in [0.15, 0.2) is 11.3 Å². The molecule has 4 atom stereocenters. The summed E-state index contributed by atoms with van der Waals surface area (Å²) in [6, 6.07) is 8.32. The number of aromatic nitrogens is 4. The lowest BCUT2D eigenvalue weighted by Crippen LogP contribution is -2.45. The Labute approximate surface area is 221 Å². The van der Waals surface area contributed by atoms with Gasteiger partial charge in [-0.05, 0) is 68.3 Å². The number of methoxy groups -OCH3 is 1. The molecular formula is C27H30Cl2N6O.